The number of hydrogen-bond donors (Lipinski definition) is 4. The van der Waals surface area contributed by atoms with Gasteiger partial charge in [0.2, 0.25) is 0 Å². The maximum atomic E-state index is 15.0. The molecule has 0 aliphatic carbocycles. The van der Waals surface area contributed by atoms with Crippen molar-refractivity contribution in [3.8, 4) is 0 Å². The van der Waals surface area contributed by atoms with E-state index >= 15 is 4.39 Å². The van der Waals surface area contributed by atoms with Gasteiger partial charge in [-0.05, 0) is 67.8 Å². The van der Waals surface area contributed by atoms with Crippen LogP contribution >= 0.6 is 0 Å². The number of H-pyrrole nitrogens is 1. The predicted molar refractivity (Wildman–Crippen MR) is 145 cm³/mol. The molecule has 5 rings (SSSR count). The van der Waals surface area contributed by atoms with Crippen molar-refractivity contribution in [2.24, 2.45) is 0 Å². The Morgan fingerprint density at radius 1 is 1.13 bits per heavy atom. The number of benzene rings is 2. The van der Waals surface area contributed by atoms with Gasteiger partial charge in [-0.1, -0.05) is 19.1 Å². The first-order chi connectivity index (χ1) is 18.4. The fraction of sp³-hybridized carbons (Fsp3) is 0.310. The average Bonchev–Trinajstić information content (AvgIpc) is 3.31. The number of amides is 2. The molecule has 0 unspecified atom stereocenters. The molecule has 2 aliphatic rings. The van der Waals surface area contributed by atoms with Crippen molar-refractivity contribution >= 4 is 34.8 Å². The van der Waals surface area contributed by atoms with E-state index < -0.39 is 5.82 Å². The number of fused-ring (bicyclic) bond motifs is 2. The van der Waals surface area contributed by atoms with E-state index in [1.54, 1.807) is 24.3 Å². The molecule has 1 aromatic heterocycles. The van der Waals surface area contributed by atoms with Crippen LogP contribution < -0.4 is 16.0 Å². The summed E-state index contributed by atoms with van der Waals surface area (Å²) in [6.45, 7) is 7.15. The van der Waals surface area contributed by atoms with Crippen molar-refractivity contribution in [3.63, 3.8) is 0 Å². The molecule has 4 N–H and O–H groups in total. The average molecular weight is 520 g/mol. The Kier molecular flexibility index (Phi) is 7.28. The molecule has 7 nitrogen and oxygen atoms in total. The van der Waals surface area contributed by atoms with Crippen LogP contribution in [-0.2, 0) is 17.8 Å². The SMILES string of the molecule is CCNCCN1CCCc2[nH]c(/C=C3\C(=O)Nc4cc(NCc5ccc(F)cc5)c(F)cc43)c(C)c2C1=O. The molecule has 0 saturated heterocycles. The Bertz CT molecular complexity index is 1410. The van der Waals surface area contributed by atoms with Gasteiger partial charge in [-0.25, -0.2) is 8.78 Å². The highest BCUT2D eigenvalue weighted by atomic mass is 19.1. The van der Waals surface area contributed by atoms with Gasteiger partial charge in [-0.2, -0.15) is 0 Å². The minimum Gasteiger partial charge on any atom is -0.379 e. The smallest absolute Gasteiger partial charge is 0.256 e. The van der Waals surface area contributed by atoms with E-state index in [1.807, 2.05) is 18.7 Å². The Hall–Kier alpha value is -3.98. The Morgan fingerprint density at radius 3 is 2.68 bits per heavy atom. The molecular weight excluding hydrogens is 488 g/mol. The zero-order valence-electron chi connectivity index (χ0n) is 21.5. The number of rotatable bonds is 8. The molecule has 2 aromatic carbocycles. The zero-order valence-corrected chi connectivity index (χ0v) is 21.5. The van der Waals surface area contributed by atoms with E-state index in [2.05, 4.69) is 20.9 Å². The molecule has 38 heavy (non-hydrogen) atoms. The number of nitrogens with one attached hydrogen (secondary N) is 4. The van der Waals surface area contributed by atoms with Crippen molar-refractivity contribution in [1.82, 2.24) is 15.2 Å². The first kappa shape index (κ1) is 25.7. The van der Waals surface area contributed by atoms with Crippen LogP contribution in [0.3, 0.4) is 0 Å². The number of carbonyl (C=O) groups excluding carboxylic acids is 2. The van der Waals surface area contributed by atoms with E-state index in [0.717, 1.165) is 42.8 Å². The molecule has 198 valence electrons. The summed E-state index contributed by atoms with van der Waals surface area (Å²) in [4.78, 5) is 31.4. The van der Waals surface area contributed by atoms with E-state index in [-0.39, 0.29) is 23.3 Å². The number of aromatic amines is 1. The molecule has 3 heterocycles. The van der Waals surface area contributed by atoms with Gasteiger partial charge in [0.05, 0.1) is 22.5 Å². The van der Waals surface area contributed by atoms with Gasteiger partial charge < -0.3 is 25.8 Å². The summed E-state index contributed by atoms with van der Waals surface area (Å²) in [6, 6.07) is 8.86. The highest BCUT2D eigenvalue weighted by Crippen LogP contribution is 2.37. The van der Waals surface area contributed by atoms with Gasteiger partial charge in [0, 0.05) is 43.1 Å². The second kappa shape index (κ2) is 10.8. The number of anilines is 2. The molecule has 2 amide bonds. The highest BCUT2D eigenvalue weighted by Gasteiger charge is 2.30. The molecule has 3 aromatic rings. The minimum absolute atomic E-state index is 0.00649. The van der Waals surface area contributed by atoms with Crippen LogP contribution in [0.15, 0.2) is 36.4 Å². The standard InChI is InChI=1S/C29H31F2N5O2/c1-3-32-10-12-36-11-4-5-23-27(29(36)38)17(2)24(34-23)14-21-20-13-22(31)26(15-25(20)35-28(21)37)33-16-18-6-8-19(30)9-7-18/h6-9,13-15,32-34H,3-5,10-12,16H2,1-2H3,(H,35,37)/b21-14-. The molecule has 9 heteroatoms. The number of aryl methyl sites for hydroxylation is 1. The lowest BCUT2D eigenvalue weighted by atomic mass is 10.0. The summed E-state index contributed by atoms with van der Waals surface area (Å²) in [7, 11) is 0. The van der Waals surface area contributed by atoms with Gasteiger partial charge >= 0.3 is 0 Å². The number of halogens is 2. The van der Waals surface area contributed by atoms with Crippen LogP contribution in [0.5, 0.6) is 0 Å². The number of nitrogens with zero attached hydrogens (tertiary/aromatic N) is 1. The van der Waals surface area contributed by atoms with E-state index in [0.29, 0.717) is 47.7 Å². The summed E-state index contributed by atoms with van der Waals surface area (Å²) >= 11 is 0. The van der Waals surface area contributed by atoms with Gasteiger partial charge in [-0.3, -0.25) is 9.59 Å². The maximum absolute atomic E-state index is 15.0. The number of carbonyl (C=O) groups is 2. The van der Waals surface area contributed by atoms with Crippen LogP contribution in [0.2, 0.25) is 0 Å². The first-order valence-electron chi connectivity index (χ1n) is 12.9. The Morgan fingerprint density at radius 2 is 1.92 bits per heavy atom. The number of likely N-dealkylation sites (N-methyl/N-ethyl adjacent to an activating group) is 1. The second-order valence-electron chi connectivity index (χ2n) is 9.64. The van der Waals surface area contributed by atoms with E-state index in [9.17, 15) is 14.0 Å². The fourth-order valence-electron chi connectivity index (χ4n) is 5.05. The van der Waals surface area contributed by atoms with Crippen molar-refractivity contribution in [3.05, 3.63) is 81.7 Å². The van der Waals surface area contributed by atoms with Crippen molar-refractivity contribution in [2.45, 2.75) is 33.2 Å². The van der Waals surface area contributed by atoms with Crippen LogP contribution in [0.1, 0.15) is 51.8 Å². The topological polar surface area (TPSA) is 89.3 Å². The summed E-state index contributed by atoms with van der Waals surface area (Å²) in [5.41, 5.74) is 5.32. The Labute approximate surface area is 220 Å². The molecule has 0 spiro atoms. The predicted octanol–water partition coefficient (Wildman–Crippen LogP) is 4.70. The number of hydrogen-bond acceptors (Lipinski definition) is 4. The summed E-state index contributed by atoms with van der Waals surface area (Å²) < 4.78 is 28.2. The maximum Gasteiger partial charge on any atom is 0.256 e. The molecule has 0 fully saturated rings. The third kappa shape index (κ3) is 5.06. The third-order valence-electron chi connectivity index (χ3n) is 7.11. The molecule has 2 aliphatic heterocycles. The number of aromatic nitrogens is 1. The molecule has 0 atom stereocenters. The second-order valence-corrected chi connectivity index (χ2v) is 9.64. The highest BCUT2D eigenvalue weighted by molar-refractivity contribution is 6.35. The molecule has 0 radical (unpaired) electrons. The lowest BCUT2D eigenvalue weighted by Gasteiger charge is -2.21. The van der Waals surface area contributed by atoms with Crippen LogP contribution in [-0.4, -0.2) is 47.9 Å². The first-order valence-corrected chi connectivity index (χ1v) is 12.9. The molecule has 0 bridgehead atoms. The van der Waals surface area contributed by atoms with Gasteiger partial charge in [0.25, 0.3) is 11.8 Å². The summed E-state index contributed by atoms with van der Waals surface area (Å²) in [6.07, 6.45) is 3.29. The lowest BCUT2D eigenvalue weighted by molar-refractivity contribution is -0.110. The third-order valence-corrected chi connectivity index (χ3v) is 7.11. The van der Waals surface area contributed by atoms with Crippen LogP contribution in [0.4, 0.5) is 20.2 Å². The summed E-state index contributed by atoms with van der Waals surface area (Å²) in [5, 5.41) is 9.09. The van der Waals surface area contributed by atoms with Crippen molar-refractivity contribution in [2.75, 3.05) is 36.8 Å². The Balaban J connectivity index is 1.40. The van der Waals surface area contributed by atoms with Gasteiger partial charge in [0.1, 0.15) is 11.6 Å². The quantitative estimate of drug-likeness (QED) is 0.257. The van der Waals surface area contributed by atoms with E-state index in [4.69, 9.17) is 0 Å². The van der Waals surface area contributed by atoms with Crippen LogP contribution in [0.25, 0.3) is 11.6 Å². The summed E-state index contributed by atoms with van der Waals surface area (Å²) in [5.74, 6) is -1.18. The van der Waals surface area contributed by atoms with Gasteiger partial charge in [0.15, 0.2) is 0 Å². The fourth-order valence-corrected chi connectivity index (χ4v) is 5.05. The van der Waals surface area contributed by atoms with Crippen molar-refractivity contribution < 1.29 is 18.4 Å². The van der Waals surface area contributed by atoms with E-state index in [1.165, 1.54) is 18.2 Å². The zero-order chi connectivity index (χ0) is 26.8. The van der Waals surface area contributed by atoms with Crippen LogP contribution in [0, 0.1) is 18.6 Å². The lowest BCUT2D eigenvalue weighted by Crippen LogP contribution is -2.37. The minimum atomic E-state index is -0.501. The largest absolute Gasteiger partial charge is 0.379 e. The molecular formula is C29H31F2N5O2. The molecule has 0 saturated carbocycles. The van der Waals surface area contributed by atoms with Crippen molar-refractivity contribution in [1.29, 1.82) is 0 Å². The monoisotopic (exact) mass is 519 g/mol. The van der Waals surface area contributed by atoms with Gasteiger partial charge in [-0.15, -0.1) is 0 Å². The normalized spacial score (nSPS) is 15.9.